The van der Waals surface area contributed by atoms with E-state index >= 15 is 0 Å². The molecule has 0 bridgehead atoms. The van der Waals surface area contributed by atoms with Crippen LogP contribution in [0.1, 0.15) is 29.9 Å². The smallest absolute Gasteiger partial charge is 0.119 e. The van der Waals surface area contributed by atoms with E-state index in [9.17, 15) is 0 Å². The highest BCUT2D eigenvalue weighted by Gasteiger charge is 2.42. The number of benzene rings is 1. The second kappa shape index (κ2) is 5.15. The van der Waals surface area contributed by atoms with Crippen molar-refractivity contribution in [3.63, 3.8) is 0 Å². The first-order valence-corrected chi connectivity index (χ1v) is 7.94. The van der Waals surface area contributed by atoms with Crippen molar-refractivity contribution >= 4 is 0 Å². The van der Waals surface area contributed by atoms with Crippen LogP contribution in [0, 0.1) is 0 Å². The lowest BCUT2D eigenvalue weighted by Crippen LogP contribution is -2.38. The molecule has 0 aromatic heterocycles. The lowest BCUT2D eigenvalue weighted by molar-refractivity contribution is 0.106. The molecular weight excluding hydrogens is 262 g/mol. The Morgan fingerprint density at radius 2 is 2.00 bits per heavy atom. The fourth-order valence-electron chi connectivity index (χ4n) is 4.42. The number of ether oxygens (including phenoxy) is 2. The Balaban J connectivity index is 1.81. The maximum absolute atomic E-state index is 5.68. The Labute approximate surface area is 126 Å². The highest BCUT2D eigenvalue weighted by Crippen LogP contribution is 2.45. The molecule has 0 saturated carbocycles. The van der Waals surface area contributed by atoms with Gasteiger partial charge < -0.3 is 9.47 Å². The summed E-state index contributed by atoms with van der Waals surface area (Å²) in [7, 11) is 3.59. The third kappa shape index (κ3) is 2.11. The molecule has 3 nitrogen and oxygen atoms in total. The van der Waals surface area contributed by atoms with Crippen LogP contribution in [0.3, 0.4) is 0 Å². The zero-order valence-electron chi connectivity index (χ0n) is 12.8. The lowest BCUT2D eigenvalue weighted by Gasteiger charge is -2.36. The van der Waals surface area contributed by atoms with Gasteiger partial charge in [0, 0.05) is 32.2 Å². The zero-order valence-corrected chi connectivity index (χ0v) is 12.8. The summed E-state index contributed by atoms with van der Waals surface area (Å²) in [5.74, 6) is 1.52. The quantitative estimate of drug-likeness (QED) is 0.780. The molecule has 4 rings (SSSR count). The molecule has 2 aliphatic heterocycles. The summed E-state index contributed by atoms with van der Waals surface area (Å²) >= 11 is 0. The van der Waals surface area contributed by atoms with E-state index in [1.807, 2.05) is 7.11 Å². The minimum absolute atomic E-state index is 0.262. The maximum atomic E-state index is 5.68. The van der Waals surface area contributed by atoms with Crippen LogP contribution in [-0.4, -0.2) is 44.4 Å². The van der Waals surface area contributed by atoms with Gasteiger partial charge in [-0.05, 0) is 42.5 Å². The largest absolute Gasteiger partial charge is 0.497 e. The summed E-state index contributed by atoms with van der Waals surface area (Å²) in [5, 5.41) is 0. The van der Waals surface area contributed by atoms with Crippen molar-refractivity contribution in [1.29, 1.82) is 0 Å². The van der Waals surface area contributed by atoms with Gasteiger partial charge in [0.05, 0.1) is 13.2 Å². The maximum Gasteiger partial charge on any atom is 0.119 e. The van der Waals surface area contributed by atoms with Gasteiger partial charge in [-0.3, -0.25) is 4.90 Å². The zero-order chi connectivity index (χ0) is 14.4. The molecule has 0 amide bonds. The van der Waals surface area contributed by atoms with Crippen LogP contribution in [0.15, 0.2) is 29.8 Å². The fraction of sp³-hybridized carbons (Fsp3) is 0.556. The Morgan fingerprint density at radius 3 is 2.81 bits per heavy atom. The average molecular weight is 285 g/mol. The van der Waals surface area contributed by atoms with Gasteiger partial charge in [-0.25, -0.2) is 0 Å². The number of fused-ring (bicyclic) bond motifs is 2. The Kier molecular flexibility index (Phi) is 3.27. The van der Waals surface area contributed by atoms with Crippen molar-refractivity contribution in [3.8, 4) is 5.75 Å². The SMILES string of the molecule is COc1ccc2c(c1)[C@@H]1C[C@H](OC)C=C3CCN(CC2)[C@@H]31. The molecule has 0 unspecified atom stereocenters. The number of methoxy groups -OCH3 is 2. The van der Waals surface area contributed by atoms with E-state index in [1.54, 1.807) is 12.7 Å². The van der Waals surface area contributed by atoms with Crippen LogP contribution in [-0.2, 0) is 11.2 Å². The predicted molar refractivity (Wildman–Crippen MR) is 82.9 cm³/mol. The van der Waals surface area contributed by atoms with Crippen molar-refractivity contribution in [2.24, 2.45) is 0 Å². The van der Waals surface area contributed by atoms with Gasteiger partial charge in [-0.1, -0.05) is 17.7 Å². The fourth-order valence-corrected chi connectivity index (χ4v) is 4.42. The summed E-state index contributed by atoms with van der Waals surface area (Å²) in [5.41, 5.74) is 4.57. The van der Waals surface area contributed by atoms with Crippen molar-refractivity contribution in [2.75, 3.05) is 27.3 Å². The molecule has 1 saturated heterocycles. The van der Waals surface area contributed by atoms with Crippen molar-refractivity contribution < 1.29 is 9.47 Å². The Bertz CT molecular complexity index is 581. The molecular formula is C18H23NO2. The standard InChI is InChI=1S/C18H23NO2/c1-20-14-4-3-12-5-7-19-8-6-13-9-15(21-2)11-17(18(13)19)16(12)10-14/h3-4,9-10,15,17-18H,5-8,11H2,1-2H3/t15-,17+,18+/m1/s1. The van der Waals surface area contributed by atoms with Crippen LogP contribution < -0.4 is 4.74 Å². The van der Waals surface area contributed by atoms with Crippen LogP contribution in [0.2, 0.25) is 0 Å². The first-order chi connectivity index (χ1) is 10.3. The second-order valence-electron chi connectivity index (χ2n) is 6.40. The van der Waals surface area contributed by atoms with E-state index < -0.39 is 0 Å². The van der Waals surface area contributed by atoms with Gasteiger partial charge in [0.2, 0.25) is 0 Å². The average Bonchev–Trinajstić information content (AvgIpc) is 2.87. The highest BCUT2D eigenvalue weighted by atomic mass is 16.5. The molecule has 3 atom stereocenters. The van der Waals surface area contributed by atoms with E-state index in [-0.39, 0.29) is 6.10 Å². The number of hydrogen-bond acceptors (Lipinski definition) is 3. The third-order valence-electron chi connectivity index (χ3n) is 5.45. The molecule has 1 fully saturated rings. The highest BCUT2D eigenvalue weighted by molar-refractivity contribution is 5.43. The summed E-state index contributed by atoms with van der Waals surface area (Å²) in [6, 6.07) is 7.21. The monoisotopic (exact) mass is 285 g/mol. The van der Waals surface area contributed by atoms with E-state index in [0.29, 0.717) is 12.0 Å². The second-order valence-corrected chi connectivity index (χ2v) is 6.40. The normalized spacial score (nSPS) is 31.1. The summed E-state index contributed by atoms with van der Waals surface area (Å²) in [4.78, 5) is 2.68. The van der Waals surface area contributed by atoms with E-state index in [1.165, 1.54) is 30.6 Å². The van der Waals surface area contributed by atoms with Crippen LogP contribution in [0.4, 0.5) is 0 Å². The van der Waals surface area contributed by atoms with Gasteiger partial charge >= 0.3 is 0 Å². The summed E-state index contributed by atoms with van der Waals surface area (Å²) < 4.78 is 11.1. The first-order valence-electron chi connectivity index (χ1n) is 7.94. The molecule has 3 heteroatoms. The first kappa shape index (κ1) is 13.4. The molecule has 1 aromatic rings. The van der Waals surface area contributed by atoms with Crippen LogP contribution >= 0.6 is 0 Å². The minimum Gasteiger partial charge on any atom is -0.497 e. The van der Waals surface area contributed by atoms with Gasteiger partial charge in [0.25, 0.3) is 0 Å². The van der Waals surface area contributed by atoms with Gasteiger partial charge in [-0.15, -0.1) is 0 Å². The number of rotatable bonds is 2. The third-order valence-corrected chi connectivity index (χ3v) is 5.45. The molecule has 1 aromatic carbocycles. The number of nitrogens with zero attached hydrogens (tertiary/aromatic N) is 1. The van der Waals surface area contributed by atoms with E-state index in [4.69, 9.17) is 9.47 Å². The van der Waals surface area contributed by atoms with Gasteiger partial charge in [0.1, 0.15) is 5.75 Å². The Hall–Kier alpha value is -1.32. The molecule has 0 spiro atoms. The van der Waals surface area contributed by atoms with E-state index in [2.05, 4.69) is 29.2 Å². The predicted octanol–water partition coefficient (Wildman–Crippen LogP) is 2.75. The van der Waals surface area contributed by atoms with E-state index in [0.717, 1.165) is 18.6 Å². The molecule has 1 aliphatic carbocycles. The topological polar surface area (TPSA) is 21.7 Å². The summed E-state index contributed by atoms with van der Waals surface area (Å²) in [6.45, 7) is 2.38. The van der Waals surface area contributed by atoms with Crippen LogP contribution in [0.5, 0.6) is 5.75 Å². The summed E-state index contributed by atoms with van der Waals surface area (Å²) in [6.07, 6.45) is 6.09. The van der Waals surface area contributed by atoms with Crippen molar-refractivity contribution in [3.05, 3.63) is 41.0 Å². The minimum atomic E-state index is 0.262. The van der Waals surface area contributed by atoms with Crippen molar-refractivity contribution in [2.45, 2.75) is 37.3 Å². The molecule has 112 valence electrons. The lowest BCUT2D eigenvalue weighted by atomic mass is 9.77. The van der Waals surface area contributed by atoms with Crippen LogP contribution in [0.25, 0.3) is 0 Å². The van der Waals surface area contributed by atoms with Crippen molar-refractivity contribution in [1.82, 2.24) is 4.90 Å². The molecule has 0 N–H and O–H groups in total. The molecule has 3 aliphatic rings. The van der Waals surface area contributed by atoms with Gasteiger partial charge in [-0.2, -0.15) is 0 Å². The molecule has 21 heavy (non-hydrogen) atoms. The molecule has 0 radical (unpaired) electrons. The Morgan fingerprint density at radius 1 is 1.14 bits per heavy atom. The van der Waals surface area contributed by atoms with Gasteiger partial charge in [0.15, 0.2) is 0 Å². The molecule has 2 heterocycles. The number of hydrogen-bond donors (Lipinski definition) is 0.